The molecule has 4 heteroatoms. The van der Waals surface area contributed by atoms with Crippen molar-refractivity contribution in [1.29, 1.82) is 0 Å². The van der Waals surface area contributed by atoms with Gasteiger partial charge in [0.25, 0.3) is 0 Å². The summed E-state index contributed by atoms with van der Waals surface area (Å²) in [5, 5.41) is 4.77. The van der Waals surface area contributed by atoms with E-state index in [4.69, 9.17) is 9.97 Å². The van der Waals surface area contributed by atoms with Crippen LogP contribution < -0.4 is 0 Å². The summed E-state index contributed by atoms with van der Waals surface area (Å²) in [6, 6.07) is 71.6. The van der Waals surface area contributed by atoms with Crippen molar-refractivity contribution < 1.29 is 0 Å². The van der Waals surface area contributed by atoms with Gasteiger partial charge in [0.05, 0.1) is 16.7 Å². The fraction of sp³-hybridized carbons (Fsp3) is 0. The van der Waals surface area contributed by atoms with Gasteiger partial charge in [0.1, 0.15) is 4.83 Å². The molecule has 56 heavy (non-hydrogen) atoms. The van der Waals surface area contributed by atoms with E-state index < -0.39 is 0 Å². The highest BCUT2D eigenvalue weighted by Crippen LogP contribution is 2.41. The summed E-state index contributed by atoms with van der Waals surface area (Å²) in [5.74, 6) is 0.743. The van der Waals surface area contributed by atoms with Crippen LogP contribution in [0.25, 0.3) is 104 Å². The normalized spacial score (nSPS) is 11.6. The van der Waals surface area contributed by atoms with Crippen molar-refractivity contribution in [3.63, 3.8) is 0 Å². The van der Waals surface area contributed by atoms with Gasteiger partial charge in [-0.2, -0.15) is 0 Å². The average Bonchev–Trinajstić information content (AvgIpc) is 3.82. The Kier molecular flexibility index (Phi) is 7.68. The van der Waals surface area contributed by atoms with E-state index in [-0.39, 0.29) is 0 Å². The summed E-state index contributed by atoms with van der Waals surface area (Å²) in [7, 11) is 0. The largest absolute Gasteiger partial charge is 0.309 e. The van der Waals surface area contributed by atoms with E-state index in [1.807, 2.05) is 18.2 Å². The Morgan fingerprint density at radius 1 is 0.357 bits per heavy atom. The van der Waals surface area contributed by atoms with Crippen molar-refractivity contribution in [1.82, 2.24) is 14.5 Å². The molecule has 0 bridgehead atoms. The Bertz CT molecular complexity index is 3240. The van der Waals surface area contributed by atoms with Crippen LogP contribution in [0.3, 0.4) is 0 Å². The molecule has 0 aliphatic heterocycles. The maximum atomic E-state index is 5.26. The Morgan fingerprint density at radius 2 is 0.857 bits per heavy atom. The van der Waals surface area contributed by atoms with Crippen molar-refractivity contribution in [2.45, 2.75) is 0 Å². The second kappa shape index (κ2) is 13.3. The van der Waals surface area contributed by atoms with Crippen LogP contribution in [0.1, 0.15) is 0 Å². The van der Waals surface area contributed by atoms with Crippen LogP contribution in [-0.2, 0) is 0 Å². The molecule has 3 heterocycles. The smallest absolute Gasteiger partial charge is 0.161 e. The molecule has 3 nitrogen and oxygen atoms in total. The zero-order chi connectivity index (χ0) is 37.0. The molecule has 0 atom stereocenters. The number of hydrogen-bond acceptors (Lipinski definition) is 3. The fourth-order valence-electron chi connectivity index (χ4n) is 8.14. The predicted molar refractivity (Wildman–Crippen MR) is 236 cm³/mol. The number of thiophene rings is 1. The van der Waals surface area contributed by atoms with Crippen LogP contribution in [0.4, 0.5) is 0 Å². The number of hydrogen-bond donors (Lipinski definition) is 0. The molecule has 0 saturated carbocycles. The lowest BCUT2D eigenvalue weighted by Gasteiger charge is -2.11. The highest BCUT2D eigenvalue weighted by atomic mass is 32.1. The van der Waals surface area contributed by atoms with Crippen LogP contribution in [0.15, 0.2) is 200 Å². The van der Waals surface area contributed by atoms with E-state index in [9.17, 15) is 0 Å². The van der Waals surface area contributed by atoms with E-state index in [1.54, 1.807) is 11.3 Å². The Hall–Kier alpha value is -7.14. The molecule has 3 aromatic heterocycles. The molecule has 0 amide bonds. The molecule has 8 aromatic carbocycles. The van der Waals surface area contributed by atoms with Crippen LogP contribution in [0.2, 0.25) is 0 Å². The third-order valence-corrected chi connectivity index (χ3v) is 11.9. The van der Waals surface area contributed by atoms with Gasteiger partial charge in [-0.3, -0.25) is 0 Å². The quantitative estimate of drug-likeness (QED) is 0.170. The summed E-state index contributed by atoms with van der Waals surface area (Å²) in [4.78, 5) is 11.3. The third-order valence-electron chi connectivity index (χ3n) is 10.8. The summed E-state index contributed by atoms with van der Waals surface area (Å²) in [6.45, 7) is 0. The van der Waals surface area contributed by atoms with Gasteiger partial charge in [0, 0.05) is 43.1 Å². The summed E-state index contributed by atoms with van der Waals surface area (Å²) in [6.07, 6.45) is 0. The van der Waals surface area contributed by atoms with Crippen molar-refractivity contribution in [3.8, 4) is 61.7 Å². The Labute approximate surface area is 328 Å². The molecule has 0 saturated heterocycles. The first-order valence-electron chi connectivity index (χ1n) is 18.9. The van der Waals surface area contributed by atoms with Gasteiger partial charge in [-0.1, -0.05) is 146 Å². The average molecular weight is 732 g/mol. The second-order valence-corrected chi connectivity index (χ2v) is 15.2. The van der Waals surface area contributed by atoms with Gasteiger partial charge < -0.3 is 4.57 Å². The first-order valence-corrected chi connectivity index (χ1v) is 19.7. The first-order chi connectivity index (χ1) is 27.7. The third kappa shape index (κ3) is 5.50. The lowest BCUT2D eigenvalue weighted by Crippen LogP contribution is -1.94. The number of aromatic nitrogens is 3. The standard InChI is InChI=1S/C52H33N3S/c1-4-14-34(15-5-1)39-26-28-46-44(32-39)45-33-40(27-29-47(45)55(46)42-22-8-3-9-23-42)37-19-12-18-36(30-37)38-20-13-21-41(31-38)50-49-43-24-10-11-25-48(43)56-52(49)54-51(53-50)35-16-6-2-7-17-35/h1-33H. The van der Waals surface area contributed by atoms with Gasteiger partial charge in [0.2, 0.25) is 0 Å². The molecule has 0 spiro atoms. The minimum Gasteiger partial charge on any atom is -0.309 e. The Balaban J connectivity index is 1.04. The van der Waals surface area contributed by atoms with Gasteiger partial charge in [-0.25, -0.2) is 9.97 Å². The number of rotatable bonds is 6. The minimum absolute atomic E-state index is 0.743. The first kappa shape index (κ1) is 32.3. The van der Waals surface area contributed by atoms with E-state index in [2.05, 4.69) is 187 Å². The maximum Gasteiger partial charge on any atom is 0.161 e. The van der Waals surface area contributed by atoms with Gasteiger partial charge in [-0.15, -0.1) is 11.3 Å². The lowest BCUT2D eigenvalue weighted by molar-refractivity contribution is 1.18. The van der Waals surface area contributed by atoms with Crippen molar-refractivity contribution in [2.24, 2.45) is 0 Å². The topological polar surface area (TPSA) is 30.7 Å². The molecule has 262 valence electrons. The zero-order valence-electron chi connectivity index (χ0n) is 30.3. The fourth-order valence-corrected chi connectivity index (χ4v) is 9.22. The molecule has 0 unspecified atom stereocenters. The zero-order valence-corrected chi connectivity index (χ0v) is 31.1. The van der Waals surface area contributed by atoms with Gasteiger partial charge in [0.15, 0.2) is 5.82 Å². The predicted octanol–water partition coefficient (Wildman–Crippen LogP) is 14.3. The number of para-hydroxylation sites is 1. The molecular formula is C52H33N3S. The maximum absolute atomic E-state index is 5.26. The SMILES string of the molecule is c1ccc(-c2ccc3c(c2)c2cc(-c4cccc(-c5cccc(-c6nc(-c7ccccc7)nc7sc8ccccc8c67)c5)c4)ccc2n3-c2ccccc2)cc1. The molecule has 0 fully saturated rings. The second-order valence-electron chi connectivity index (χ2n) is 14.2. The molecular weight excluding hydrogens is 699 g/mol. The van der Waals surface area contributed by atoms with Gasteiger partial charge in [-0.05, 0) is 88.0 Å². The van der Waals surface area contributed by atoms with E-state index in [0.717, 1.165) is 49.7 Å². The molecule has 11 aromatic rings. The summed E-state index contributed by atoms with van der Waals surface area (Å²) >= 11 is 1.73. The molecule has 11 rings (SSSR count). The Morgan fingerprint density at radius 3 is 1.52 bits per heavy atom. The van der Waals surface area contributed by atoms with Crippen molar-refractivity contribution in [2.75, 3.05) is 0 Å². The molecule has 0 radical (unpaired) electrons. The number of benzene rings is 8. The van der Waals surface area contributed by atoms with Gasteiger partial charge >= 0.3 is 0 Å². The number of nitrogens with zero attached hydrogens (tertiary/aromatic N) is 3. The van der Waals surface area contributed by atoms with E-state index in [1.165, 1.54) is 54.1 Å². The monoisotopic (exact) mass is 731 g/mol. The lowest BCUT2D eigenvalue weighted by atomic mass is 9.96. The van der Waals surface area contributed by atoms with E-state index in [0.29, 0.717) is 0 Å². The highest BCUT2D eigenvalue weighted by Gasteiger charge is 2.18. The summed E-state index contributed by atoms with van der Waals surface area (Å²) < 4.78 is 3.60. The van der Waals surface area contributed by atoms with Crippen LogP contribution in [-0.4, -0.2) is 14.5 Å². The molecule has 0 N–H and O–H groups in total. The minimum atomic E-state index is 0.743. The molecule has 0 aliphatic carbocycles. The van der Waals surface area contributed by atoms with E-state index >= 15 is 0 Å². The van der Waals surface area contributed by atoms with Crippen LogP contribution in [0.5, 0.6) is 0 Å². The van der Waals surface area contributed by atoms with Crippen molar-refractivity contribution in [3.05, 3.63) is 200 Å². The highest BCUT2D eigenvalue weighted by molar-refractivity contribution is 7.25. The van der Waals surface area contributed by atoms with Crippen LogP contribution in [0, 0.1) is 0 Å². The van der Waals surface area contributed by atoms with Crippen LogP contribution >= 0.6 is 11.3 Å². The summed E-state index contributed by atoms with van der Waals surface area (Å²) in [5.41, 5.74) is 13.7. The van der Waals surface area contributed by atoms with Crippen molar-refractivity contribution >= 4 is 53.4 Å². The molecule has 0 aliphatic rings. The number of fused-ring (bicyclic) bond motifs is 6.